The van der Waals surface area contributed by atoms with E-state index in [1.165, 1.54) is 32.6 Å². The van der Waals surface area contributed by atoms with Crippen LogP contribution in [-0.4, -0.2) is 56.0 Å². The maximum Gasteiger partial charge on any atom is 0.244 e. The molecule has 0 aromatic carbocycles. The van der Waals surface area contributed by atoms with Crippen LogP contribution in [0.3, 0.4) is 0 Å². The third-order valence-corrected chi connectivity index (χ3v) is 4.49. The molecule has 0 saturated heterocycles. The van der Waals surface area contributed by atoms with Gasteiger partial charge in [0.25, 0.3) is 0 Å². The van der Waals surface area contributed by atoms with E-state index in [1.54, 1.807) is 0 Å². The molecule has 21 heavy (non-hydrogen) atoms. The molecule has 0 atom stereocenters. The van der Waals surface area contributed by atoms with Gasteiger partial charge >= 0.3 is 0 Å². The molecule has 0 saturated carbocycles. The smallest absolute Gasteiger partial charge is 0.244 e. The number of hydrogen-bond acceptors (Lipinski definition) is 5. The topological polar surface area (TPSA) is 99.6 Å². The van der Waals surface area contributed by atoms with Crippen molar-refractivity contribution in [3.05, 3.63) is 24.0 Å². The number of amides is 1. The summed E-state index contributed by atoms with van der Waals surface area (Å²) in [5.74, 6) is 4.78. The average molecular weight is 311 g/mol. The van der Waals surface area contributed by atoms with Gasteiger partial charge in [-0.15, -0.1) is 0 Å². The summed E-state index contributed by atoms with van der Waals surface area (Å²) in [7, 11) is -0.847. The van der Waals surface area contributed by atoms with Gasteiger partial charge in [0.2, 0.25) is 15.9 Å². The van der Waals surface area contributed by atoms with Crippen LogP contribution in [0.15, 0.2) is 23.4 Å². The standard InChI is InChI=1S/C13H17N3O4S/c1-14-13(18)5-6-16(2)21(19,20)12-8-11(4-3-7-17)9-15-10-12/h8-10,17H,5-7H2,1-2H3,(H,14,18). The van der Waals surface area contributed by atoms with Crippen molar-refractivity contribution in [2.24, 2.45) is 0 Å². The number of hydrogen-bond donors (Lipinski definition) is 2. The molecule has 0 aliphatic carbocycles. The van der Waals surface area contributed by atoms with Gasteiger partial charge in [0.05, 0.1) is 0 Å². The van der Waals surface area contributed by atoms with Crippen molar-refractivity contribution in [3.8, 4) is 11.8 Å². The number of rotatable bonds is 5. The van der Waals surface area contributed by atoms with Gasteiger partial charge < -0.3 is 10.4 Å². The fraction of sp³-hybridized carbons (Fsp3) is 0.385. The summed E-state index contributed by atoms with van der Waals surface area (Å²) in [6.45, 7) is -0.252. The first-order valence-corrected chi connectivity index (χ1v) is 7.57. The molecule has 8 heteroatoms. The number of aliphatic hydroxyl groups excluding tert-OH is 1. The molecule has 0 aliphatic rings. The highest BCUT2D eigenvalue weighted by atomic mass is 32.2. The van der Waals surface area contributed by atoms with Crippen LogP contribution >= 0.6 is 0 Å². The number of nitrogens with one attached hydrogen (secondary N) is 1. The first-order valence-electron chi connectivity index (χ1n) is 6.13. The summed E-state index contributed by atoms with van der Waals surface area (Å²) in [5, 5.41) is 11.1. The highest BCUT2D eigenvalue weighted by molar-refractivity contribution is 7.89. The Morgan fingerprint density at radius 3 is 2.81 bits per heavy atom. The van der Waals surface area contributed by atoms with Crippen molar-refractivity contribution in [2.75, 3.05) is 27.2 Å². The Labute approximate surface area is 124 Å². The van der Waals surface area contributed by atoms with Gasteiger partial charge in [-0.2, -0.15) is 0 Å². The molecule has 1 amide bonds. The monoisotopic (exact) mass is 311 g/mol. The van der Waals surface area contributed by atoms with E-state index in [-0.39, 0.29) is 30.4 Å². The minimum absolute atomic E-state index is 0.00773. The second-order valence-electron chi connectivity index (χ2n) is 4.12. The Bertz CT molecular complexity index is 661. The number of nitrogens with zero attached hydrogens (tertiary/aromatic N) is 2. The van der Waals surface area contributed by atoms with E-state index >= 15 is 0 Å². The zero-order valence-electron chi connectivity index (χ0n) is 11.8. The number of pyridine rings is 1. The second kappa shape index (κ2) is 7.73. The molecule has 2 N–H and O–H groups in total. The van der Waals surface area contributed by atoms with E-state index in [9.17, 15) is 13.2 Å². The molecule has 0 spiro atoms. The molecule has 0 radical (unpaired) electrons. The van der Waals surface area contributed by atoms with Gasteiger partial charge in [-0.1, -0.05) is 11.8 Å². The van der Waals surface area contributed by atoms with E-state index in [1.807, 2.05) is 0 Å². The number of carbonyl (C=O) groups is 1. The molecular formula is C13H17N3O4S. The molecule has 1 rings (SSSR count). The predicted octanol–water partition coefficient (Wildman–Crippen LogP) is -0.818. The third-order valence-electron chi connectivity index (χ3n) is 2.67. The van der Waals surface area contributed by atoms with Crippen LogP contribution in [0.2, 0.25) is 0 Å². The molecular weight excluding hydrogens is 294 g/mol. The molecule has 0 fully saturated rings. The van der Waals surface area contributed by atoms with E-state index in [4.69, 9.17) is 5.11 Å². The lowest BCUT2D eigenvalue weighted by Gasteiger charge is -2.16. The van der Waals surface area contributed by atoms with Crippen molar-refractivity contribution in [1.82, 2.24) is 14.6 Å². The zero-order chi connectivity index (χ0) is 15.9. The number of carbonyl (C=O) groups excluding carboxylic acids is 1. The number of aromatic nitrogens is 1. The molecule has 0 aliphatic heterocycles. The molecule has 7 nitrogen and oxygen atoms in total. The molecule has 0 unspecified atom stereocenters. The normalized spacial score (nSPS) is 10.9. The van der Waals surface area contributed by atoms with E-state index < -0.39 is 10.0 Å². The molecule has 114 valence electrons. The summed E-state index contributed by atoms with van der Waals surface area (Å²) < 4.78 is 25.7. The number of sulfonamides is 1. The second-order valence-corrected chi connectivity index (χ2v) is 6.16. The van der Waals surface area contributed by atoms with Gasteiger partial charge in [-0.3, -0.25) is 9.78 Å². The Morgan fingerprint density at radius 2 is 2.19 bits per heavy atom. The summed E-state index contributed by atoms with van der Waals surface area (Å²) in [5.41, 5.74) is 0.393. The first kappa shape index (κ1) is 17.1. The van der Waals surface area contributed by atoms with E-state index in [0.29, 0.717) is 5.56 Å². The van der Waals surface area contributed by atoms with Crippen LogP contribution in [0.25, 0.3) is 0 Å². The van der Waals surface area contributed by atoms with Crippen LogP contribution < -0.4 is 5.32 Å². The van der Waals surface area contributed by atoms with Crippen molar-refractivity contribution in [1.29, 1.82) is 0 Å². The van der Waals surface area contributed by atoms with Gasteiger partial charge in [0.15, 0.2) is 0 Å². The molecule has 0 bridgehead atoms. The first-order chi connectivity index (χ1) is 9.91. The average Bonchev–Trinajstić information content (AvgIpc) is 2.50. The van der Waals surface area contributed by atoms with Gasteiger partial charge in [-0.25, -0.2) is 12.7 Å². The summed E-state index contributed by atoms with van der Waals surface area (Å²) in [4.78, 5) is 15.0. The highest BCUT2D eigenvalue weighted by Crippen LogP contribution is 2.14. The van der Waals surface area contributed by atoms with Crippen molar-refractivity contribution >= 4 is 15.9 Å². The van der Waals surface area contributed by atoms with Gasteiger partial charge in [0, 0.05) is 45.0 Å². The van der Waals surface area contributed by atoms with Crippen LogP contribution in [-0.2, 0) is 14.8 Å². The summed E-state index contributed by atoms with van der Waals surface area (Å²) in [6, 6.07) is 1.38. The fourth-order valence-corrected chi connectivity index (χ4v) is 2.62. The molecule has 1 aromatic heterocycles. The van der Waals surface area contributed by atoms with E-state index in [2.05, 4.69) is 22.1 Å². The third kappa shape index (κ3) is 4.82. The van der Waals surface area contributed by atoms with Crippen LogP contribution in [0.1, 0.15) is 12.0 Å². The van der Waals surface area contributed by atoms with Gasteiger partial charge in [0.1, 0.15) is 11.5 Å². The maximum atomic E-state index is 12.3. The van der Waals surface area contributed by atoms with Crippen LogP contribution in [0, 0.1) is 11.8 Å². The fourth-order valence-electron chi connectivity index (χ4n) is 1.45. The molecule has 1 aromatic rings. The van der Waals surface area contributed by atoms with E-state index in [0.717, 1.165) is 4.31 Å². The van der Waals surface area contributed by atoms with Crippen molar-refractivity contribution < 1.29 is 18.3 Å². The van der Waals surface area contributed by atoms with Crippen LogP contribution in [0.5, 0.6) is 0 Å². The Hall–Kier alpha value is -1.95. The number of aliphatic hydroxyl groups is 1. The lowest BCUT2D eigenvalue weighted by molar-refractivity contribution is -0.120. The zero-order valence-corrected chi connectivity index (χ0v) is 12.6. The molecule has 1 heterocycles. The minimum Gasteiger partial charge on any atom is -0.384 e. The maximum absolute atomic E-state index is 12.3. The minimum atomic E-state index is -3.73. The summed E-state index contributed by atoms with van der Waals surface area (Å²) in [6.07, 6.45) is 2.70. The van der Waals surface area contributed by atoms with Gasteiger partial charge in [-0.05, 0) is 6.07 Å². The Morgan fingerprint density at radius 1 is 1.48 bits per heavy atom. The quantitative estimate of drug-likeness (QED) is 0.692. The SMILES string of the molecule is CNC(=O)CCN(C)S(=O)(=O)c1cncc(C#CCO)c1. The Balaban J connectivity index is 2.94. The van der Waals surface area contributed by atoms with Crippen LogP contribution in [0.4, 0.5) is 0 Å². The predicted molar refractivity (Wildman–Crippen MR) is 76.7 cm³/mol. The lowest BCUT2D eigenvalue weighted by Crippen LogP contribution is -2.31. The lowest BCUT2D eigenvalue weighted by atomic mass is 10.3. The van der Waals surface area contributed by atoms with Crippen molar-refractivity contribution in [2.45, 2.75) is 11.3 Å². The highest BCUT2D eigenvalue weighted by Gasteiger charge is 2.21. The summed E-state index contributed by atoms with van der Waals surface area (Å²) >= 11 is 0. The Kier molecular flexibility index (Phi) is 6.30. The van der Waals surface area contributed by atoms with Crippen molar-refractivity contribution in [3.63, 3.8) is 0 Å². The largest absolute Gasteiger partial charge is 0.384 e.